The lowest BCUT2D eigenvalue weighted by atomic mass is 10.1. The van der Waals surface area contributed by atoms with Gasteiger partial charge in [0.1, 0.15) is 30.2 Å². The Bertz CT molecular complexity index is 648. The van der Waals surface area contributed by atoms with E-state index in [1.54, 1.807) is 32.2 Å². The third-order valence-corrected chi connectivity index (χ3v) is 3.82. The van der Waals surface area contributed by atoms with E-state index in [9.17, 15) is 0 Å². The van der Waals surface area contributed by atoms with Gasteiger partial charge in [-0.1, -0.05) is 0 Å². The SMILES string of the molecule is COCC1OC(n2cnc3c(N)ncnc32)C(OC)C1OC. The van der Waals surface area contributed by atoms with Crippen molar-refractivity contribution in [3.63, 3.8) is 0 Å². The van der Waals surface area contributed by atoms with E-state index in [-0.39, 0.29) is 18.3 Å². The minimum atomic E-state index is -0.436. The number of fused-ring (bicyclic) bond motifs is 1. The summed E-state index contributed by atoms with van der Waals surface area (Å²) in [5.74, 6) is 0.326. The molecule has 0 radical (unpaired) electrons. The molecule has 0 aliphatic carbocycles. The van der Waals surface area contributed by atoms with Gasteiger partial charge in [0.05, 0.1) is 12.9 Å². The van der Waals surface area contributed by atoms with Gasteiger partial charge in [-0.25, -0.2) is 15.0 Å². The first-order chi connectivity index (χ1) is 10.7. The van der Waals surface area contributed by atoms with Crippen LogP contribution in [0.1, 0.15) is 6.23 Å². The van der Waals surface area contributed by atoms with Crippen LogP contribution in [0.2, 0.25) is 0 Å². The van der Waals surface area contributed by atoms with Crippen LogP contribution in [-0.4, -0.2) is 65.8 Å². The Balaban J connectivity index is 2.00. The van der Waals surface area contributed by atoms with E-state index in [4.69, 9.17) is 24.7 Å². The zero-order valence-corrected chi connectivity index (χ0v) is 12.7. The first-order valence-electron chi connectivity index (χ1n) is 6.84. The number of nitrogens with two attached hydrogens (primary N) is 1. The molecule has 2 aromatic rings. The van der Waals surface area contributed by atoms with E-state index in [1.807, 2.05) is 0 Å². The van der Waals surface area contributed by atoms with Gasteiger partial charge in [-0.3, -0.25) is 4.57 Å². The molecule has 0 spiro atoms. The van der Waals surface area contributed by atoms with Crippen molar-refractivity contribution in [1.82, 2.24) is 19.5 Å². The van der Waals surface area contributed by atoms with E-state index >= 15 is 0 Å². The molecule has 9 heteroatoms. The van der Waals surface area contributed by atoms with Crippen LogP contribution < -0.4 is 5.73 Å². The Morgan fingerprint density at radius 1 is 1.18 bits per heavy atom. The molecule has 1 fully saturated rings. The van der Waals surface area contributed by atoms with E-state index in [0.717, 1.165) is 0 Å². The number of anilines is 1. The van der Waals surface area contributed by atoms with E-state index in [0.29, 0.717) is 23.6 Å². The highest BCUT2D eigenvalue weighted by Gasteiger charge is 2.46. The second-order valence-corrected chi connectivity index (χ2v) is 5.00. The van der Waals surface area contributed by atoms with Crippen LogP contribution in [0.25, 0.3) is 11.2 Å². The fourth-order valence-corrected chi connectivity index (χ4v) is 2.82. The average Bonchev–Trinajstić information content (AvgIpc) is 3.09. The number of methoxy groups -OCH3 is 3. The minimum Gasteiger partial charge on any atom is -0.382 e. The lowest BCUT2D eigenvalue weighted by Gasteiger charge is -2.21. The quantitative estimate of drug-likeness (QED) is 0.821. The van der Waals surface area contributed by atoms with Crippen LogP contribution in [0, 0.1) is 0 Å². The predicted molar refractivity (Wildman–Crippen MR) is 77.1 cm³/mol. The number of hydrogen-bond acceptors (Lipinski definition) is 8. The molecule has 1 aliphatic heterocycles. The molecule has 4 unspecified atom stereocenters. The molecule has 0 aromatic carbocycles. The molecular formula is C13H19N5O4. The molecule has 0 bridgehead atoms. The summed E-state index contributed by atoms with van der Waals surface area (Å²) in [7, 11) is 4.85. The fraction of sp³-hybridized carbons (Fsp3) is 0.615. The molecule has 0 saturated carbocycles. The Labute approximate surface area is 127 Å². The Morgan fingerprint density at radius 2 is 1.95 bits per heavy atom. The Hall–Kier alpha value is -1.81. The lowest BCUT2D eigenvalue weighted by Crippen LogP contribution is -2.36. The average molecular weight is 309 g/mol. The summed E-state index contributed by atoms with van der Waals surface area (Å²) in [6.07, 6.45) is 1.75. The second kappa shape index (κ2) is 6.13. The van der Waals surface area contributed by atoms with Gasteiger partial charge in [0.15, 0.2) is 17.7 Å². The lowest BCUT2D eigenvalue weighted by molar-refractivity contribution is -0.0636. The topological polar surface area (TPSA) is 107 Å². The third kappa shape index (κ3) is 2.31. The fourth-order valence-electron chi connectivity index (χ4n) is 2.82. The zero-order valence-electron chi connectivity index (χ0n) is 12.7. The molecule has 2 aromatic heterocycles. The highest BCUT2D eigenvalue weighted by Crippen LogP contribution is 2.35. The van der Waals surface area contributed by atoms with Gasteiger partial charge < -0.3 is 24.7 Å². The van der Waals surface area contributed by atoms with Crippen molar-refractivity contribution < 1.29 is 18.9 Å². The van der Waals surface area contributed by atoms with Crippen LogP contribution in [0.4, 0.5) is 5.82 Å². The summed E-state index contributed by atoms with van der Waals surface area (Å²) in [5, 5.41) is 0. The van der Waals surface area contributed by atoms with Crippen LogP contribution in [-0.2, 0) is 18.9 Å². The summed E-state index contributed by atoms with van der Waals surface area (Å²) < 4.78 is 24.1. The molecule has 2 N–H and O–H groups in total. The van der Waals surface area contributed by atoms with E-state index in [1.165, 1.54) is 6.33 Å². The molecule has 9 nitrogen and oxygen atoms in total. The number of aromatic nitrogens is 4. The third-order valence-electron chi connectivity index (χ3n) is 3.82. The van der Waals surface area contributed by atoms with Crippen molar-refractivity contribution in [3.05, 3.63) is 12.7 Å². The summed E-state index contributed by atoms with van der Waals surface area (Å²) in [6.45, 7) is 0.401. The van der Waals surface area contributed by atoms with Crippen LogP contribution in [0.3, 0.4) is 0 Å². The molecule has 1 saturated heterocycles. The van der Waals surface area contributed by atoms with Crippen molar-refractivity contribution in [2.24, 2.45) is 0 Å². The predicted octanol–water partition coefficient (Wildman–Crippen LogP) is -0.0177. The molecule has 1 aliphatic rings. The molecule has 22 heavy (non-hydrogen) atoms. The molecule has 3 heterocycles. The maximum atomic E-state index is 6.05. The number of rotatable bonds is 5. The van der Waals surface area contributed by atoms with Gasteiger partial charge in [-0.2, -0.15) is 0 Å². The van der Waals surface area contributed by atoms with Crippen molar-refractivity contribution in [3.8, 4) is 0 Å². The van der Waals surface area contributed by atoms with Gasteiger partial charge in [-0.05, 0) is 0 Å². The summed E-state index contributed by atoms with van der Waals surface area (Å²) in [6, 6.07) is 0. The van der Waals surface area contributed by atoms with E-state index < -0.39 is 6.23 Å². The van der Waals surface area contributed by atoms with E-state index in [2.05, 4.69) is 15.0 Å². The molecule has 120 valence electrons. The van der Waals surface area contributed by atoms with Crippen molar-refractivity contribution >= 4 is 17.0 Å². The number of imidazole rings is 1. The summed E-state index contributed by atoms with van der Waals surface area (Å²) >= 11 is 0. The largest absolute Gasteiger partial charge is 0.382 e. The first-order valence-corrected chi connectivity index (χ1v) is 6.84. The first kappa shape index (κ1) is 15.1. The maximum Gasteiger partial charge on any atom is 0.167 e. The number of hydrogen-bond donors (Lipinski definition) is 1. The van der Waals surface area contributed by atoms with Crippen molar-refractivity contribution in [1.29, 1.82) is 0 Å². The number of ether oxygens (including phenoxy) is 4. The minimum absolute atomic E-state index is 0.249. The second-order valence-electron chi connectivity index (χ2n) is 5.00. The van der Waals surface area contributed by atoms with Gasteiger partial charge >= 0.3 is 0 Å². The maximum absolute atomic E-state index is 6.05. The zero-order chi connectivity index (χ0) is 15.7. The molecule has 4 atom stereocenters. The van der Waals surface area contributed by atoms with Gasteiger partial charge in [0.25, 0.3) is 0 Å². The molecule has 3 rings (SSSR count). The summed E-state index contributed by atoms with van der Waals surface area (Å²) in [4.78, 5) is 12.4. The van der Waals surface area contributed by atoms with Crippen molar-refractivity contribution in [2.45, 2.75) is 24.5 Å². The van der Waals surface area contributed by atoms with Crippen molar-refractivity contribution in [2.75, 3.05) is 33.7 Å². The smallest absolute Gasteiger partial charge is 0.167 e. The van der Waals surface area contributed by atoms with Gasteiger partial charge in [0, 0.05) is 21.3 Å². The molecule has 0 amide bonds. The molecular weight excluding hydrogens is 290 g/mol. The van der Waals surface area contributed by atoms with Gasteiger partial charge in [0.2, 0.25) is 0 Å². The number of nitrogen functional groups attached to an aromatic ring is 1. The normalized spacial score (nSPS) is 28.5. The van der Waals surface area contributed by atoms with Crippen LogP contribution in [0.5, 0.6) is 0 Å². The Morgan fingerprint density at radius 3 is 2.64 bits per heavy atom. The number of nitrogens with zero attached hydrogens (tertiary/aromatic N) is 4. The van der Waals surface area contributed by atoms with Crippen LogP contribution >= 0.6 is 0 Å². The monoisotopic (exact) mass is 309 g/mol. The highest BCUT2D eigenvalue weighted by molar-refractivity contribution is 5.81. The Kier molecular flexibility index (Phi) is 4.21. The highest BCUT2D eigenvalue weighted by atomic mass is 16.6. The van der Waals surface area contributed by atoms with Gasteiger partial charge in [-0.15, -0.1) is 0 Å². The van der Waals surface area contributed by atoms with Crippen LogP contribution in [0.15, 0.2) is 12.7 Å². The standard InChI is InChI=1S/C13H19N5O4/c1-19-4-7-9(20-2)10(21-3)13(22-7)18-6-17-8-11(14)15-5-16-12(8)18/h5-7,9-10,13H,4H2,1-3H3,(H2,14,15,16). The summed E-state index contributed by atoms with van der Waals surface area (Å²) in [5.41, 5.74) is 6.94.